The Morgan fingerprint density at radius 3 is 2.32 bits per heavy atom. The number of nitrogens with one attached hydrogen (secondary N) is 1. The van der Waals surface area contributed by atoms with E-state index in [1.54, 1.807) is 6.07 Å². The van der Waals surface area contributed by atoms with Gasteiger partial charge in [-0.15, -0.1) is 0 Å². The van der Waals surface area contributed by atoms with E-state index < -0.39 is 10.0 Å². The van der Waals surface area contributed by atoms with Gasteiger partial charge in [-0.1, -0.05) is 47.5 Å². The highest BCUT2D eigenvalue weighted by molar-refractivity contribution is 7.92. The Hall–Kier alpha value is -2.34. The van der Waals surface area contributed by atoms with E-state index in [2.05, 4.69) is 5.32 Å². The maximum Gasteiger partial charge on any atom is 0.241 e. The molecule has 1 amide bonds. The maximum atomic E-state index is 12.3. The predicted octanol–water partition coefficient (Wildman–Crippen LogP) is 2.69. The second kappa shape index (κ2) is 7.70. The molecule has 0 bridgehead atoms. The number of nitrogens with zero attached hydrogens (tertiary/aromatic N) is 1. The minimum absolute atomic E-state index is 0.242. The summed E-state index contributed by atoms with van der Waals surface area (Å²) in [7, 11) is -3.57. The lowest BCUT2D eigenvalue weighted by Crippen LogP contribution is -2.40. The van der Waals surface area contributed by atoms with Crippen LogP contribution in [-0.2, 0) is 21.4 Å². The lowest BCUT2D eigenvalue weighted by Gasteiger charge is -2.24. The molecule has 6 heteroatoms. The molecule has 0 fully saturated rings. The van der Waals surface area contributed by atoms with E-state index in [-0.39, 0.29) is 12.5 Å². The zero-order valence-corrected chi connectivity index (χ0v) is 15.9. The van der Waals surface area contributed by atoms with Gasteiger partial charge in [0.25, 0.3) is 0 Å². The van der Waals surface area contributed by atoms with Crippen LogP contribution in [-0.4, -0.2) is 27.1 Å². The first-order chi connectivity index (χ1) is 11.7. The summed E-state index contributed by atoms with van der Waals surface area (Å²) in [5.74, 6) is -0.341. The third-order valence-electron chi connectivity index (χ3n) is 3.88. The average molecular weight is 360 g/mol. The molecule has 2 rings (SSSR count). The fourth-order valence-corrected chi connectivity index (χ4v) is 3.59. The average Bonchev–Trinajstić information content (AvgIpc) is 2.50. The number of carbonyl (C=O) groups is 1. The molecule has 1 N–H and O–H groups in total. The van der Waals surface area contributed by atoms with Crippen molar-refractivity contribution < 1.29 is 13.2 Å². The van der Waals surface area contributed by atoms with Gasteiger partial charge in [0.05, 0.1) is 11.9 Å². The molecule has 0 aromatic heterocycles. The Morgan fingerprint density at radius 2 is 1.72 bits per heavy atom. The minimum Gasteiger partial charge on any atom is -0.350 e. The quantitative estimate of drug-likeness (QED) is 0.861. The second-order valence-corrected chi connectivity index (χ2v) is 8.23. The number of amides is 1. The van der Waals surface area contributed by atoms with Gasteiger partial charge in [0.15, 0.2) is 0 Å². The SMILES string of the molecule is Cc1cccc(CNC(=O)CN(c2ccc(C)cc2C)S(C)(=O)=O)c1. The van der Waals surface area contributed by atoms with E-state index in [4.69, 9.17) is 0 Å². The molecular formula is C19H24N2O3S. The molecule has 0 aliphatic heterocycles. The molecule has 134 valence electrons. The number of hydrogen-bond donors (Lipinski definition) is 1. The van der Waals surface area contributed by atoms with Crippen LogP contribution in [0.2, 0.25) is 0 Å². The van der Waals surface area contributed by atoms with Crippen molar-refractivity contribution in [1.82, 2.24) is 5.32 Å². The van der Waals surface area contributed by atoms with Crippen molar-refractivity contribution in [3.63, 3.8) is 0 Å². The Morgan fingerprint density at radius 1 is 1.04 bits per heavy atom. The molecular weight excluding hydrogens is 336 g/mol. The molecule has 0 radical (unpaired) electrons. The predicted molar refractivity (Wildman–Crippen MR) is 101 cm³/mol. The highest BCUT2D eigenvalue weighted by Crippen LogP contribution is 2.23. The minimum atomic E-state index is -3.57. The molecule has 2 aromatic rings. The highest BCUT2D eigenvalue weighted by atomic mass is 32.2. The van der Waals surface area contributed by atoms with Crippen LogP contribution in [0.15, 0.2) is 42.5 Å². The van der Waals surface area contributed by atoms with Gasteiger partial charge in [0.2, 0.25) is 15.9 Å². The molecule has 2 aromatic carbocycles. The normalized spacial score (nSPS) is 11.2. The first-order valence-corrected chi connectivity index (χ1v) is 9.89. The first-order valence-electron chi connectivity index (χ1n) is 8.04. The molecule has 0 heterocycles. The number of anilines is 1. The van der Waals surface area contributed by atoms with Gasteiger partial charge in [-0.3, -0.25) is 9.10 Å². The molecule has 5 nitrogen and oxygen atoms in total. The summed E-state index contributed by atoms with van der Waals surface area (Å²) >= 11 is 0. The molecule has 25 heavy (non-hydrogen) atoms. The van der Waals surface area contributed by atoms with Crippen molar-refractivity contribution in [3.05, 3.63) is 64.7 Å². The van der Waals surface area contributed by atoms with E-state index in [0.717, 1.165) is 32.8 Å². The van der Waals surface area contributed by atoms with Crippen LogP contribution in [0, 0.1) is 20.8 Å². The van der Waals surface area contributed by atoms with Crippen LogP contribution < -0.4 is 9.62 Å². The monoisotopic (exact) mass is 360 g/mol. The van der Waals surface area contributed by atoms with Gasteiger partial charge < -0.3 is 5.32 Å². The van der Waals surface area contributed by atoms with Crippen molar-refractivity contribution in [1.29, 1.82) is 0 Å². The second-order valence-electron chi connectivity index (χ2n) is 6.33. The Kier molecular flexibility index (Phi) is 5.85. The molecule has 0 aliphatic carbocycles. The molecule has 0 spiro atoms. The van der Waals surface area contributed by atoms with Crippen LogP contribution in [0.1, 0.15) is 22.3 Å². The standard InChI is InChI=1S/C19H24N2O3S/c1-14-6-5-7-17(11-14)12-20-19(22)13-21(25(4,23)24)18-9-8-15(2)10-16(18)3/h5-11H,12-13H2,1-4H3,(H,20,22). The zero-order valence-electron chi connectivity index (χ0n) is 15.0. The number of aryl methyl sites for hydroxylation is 3. The van der Waals surface area contributed by atoms with Gasteiger partial charge in [0, 0.05) is 6.54 Å². The van der Waals surface area contributed by atoms with Gasteiger partial charge in [-0.05, 0) is 38.0 Å². The summed E-state index contributed by atoms with van der Waals surface area (Å²) in [6, 6.07) is 13.3. The summed E-state index contributed by atoms with van der Waals surface area (Å²) < 4.78 is 25.5. The fourth-order valence-electron chi connectivity index (χ4n) is 2.68. The summed E-state index contributed by atoms with van der Waals surface area (Å²) in [5, 5.41) is 2.78. The van der Waals surface area contributed by atoms with E-state index in [0.29, 0.717) is 12.2 Å². The van der Waals surface area contributed by atoms with Crippen molar-refractivity contribution in [2.45, 2.75) is 27.3 Å². The molecule has 0 saturated carbocycles. The smallest absolute Gasteiger partial charge is 0.241 e. The van der Waals surface area contributed by atoms with Crippen molar-refractivity contribution in [2.24, 2.45) is 0 Å². The highest BCUT2D eigenvalue weighted by Gasteiger charge is 2.22. The Bertz CT molecular complexity index is 876. The van der Waals surface area contributed by atoms with Gasteiger partial charge >= 0.3 is 0 Å². The molecule has 0 aliphatic rings. The van der Waals surface area contributed by atoms with Crippen LogP contribution in [0.25, 0.3) is 0 Å². The topological polar surface area (TPSA) is 66.5 Å². The Balaban J connectivity index is 2.13. The maximum absolute atomic E-state index is 12.3. The van der Waals surface area contributed by atoms with Crippen LogP contribution >= 0.6 is 0 Å². The van der Waals surface area contributed by atoms with E-state index in [1.807, 2.05) is 57.2 Å². The Labute approximate surface area is 149 Å². The molecule has 0 unspecified atom stereocenters. The molecule has 0 saturated heterocycles. The number of carbonyl (C=O) groups excluding carboxylic acids is 1. The summed E-state index contributed by atoms with van der Waals surface area (Å²) in [6.07, 6.45) is 1.11. The first kappa shape index (κ1) is 19.0. The number of hydrogen-bond acceptors (Lipinski definition) is 3. The lowest BCUT2D eigenvalue weighted by atomic mass is 10.1. The van der Waals surface area contributed by atoms with Gasteiger partial charge in [-0.25, -0.2) is 8.42 Å². The van der Waals surface area contributed by atoms with Crippen molar-refractivity contribution in [3.8, 4) is 0 Å². The van der Waals surface area contributed by atoms with Crippen molar-refractivity contribution in [2.75, 3.05) is 17.1 Å². The lowest BCUT2D eigenvalue weighted by molar-refractivity contribution is -0.119. The number of benzene rings is 2. The number of sulfonamides is 1. The van der Waals surface area contributed by atoms with Crippen molar-refractivity contribution >= 4 is 21.6 Å². The van der Waals surface area contributed by atoms with E-state index in [9.17, 15) is 13.2 Å². The zero-order chi connectivity index (χ0) is 18.6. The third-order valence-corrected chi connectivity index (χ3v) is 5.01. The van der Waals surface area contributed by atoms with E-state index in [1.165, 1.54) is 0 Å². The fraction of sp³-hybridized carbons (Fsp3) is 0.316. The largest absolute Gasteiger partial charge is 0.350 e. The van der Waals surface area contributed by atoms with Crippen LogP contribution in [0.3, 0.4) is 0 Å². The third kappa shape index (κ3) is 5.32. The number of rotatable bonds is 6. The van der Waals surface area contributed by atoms with Crippen LogP contribution in [0.4, 0.5) is 5.69 Å². The van der Waals surface area contributed by atoms with Gasteiger partial charge in [0.1, 0.15) is 6.54 Å². The summed E-state index contributed by atoms with van der Waals surface area (Å²) in [4.78, 5) is 12.3. The van der Waals surface area contributed by atoms with E-state index >= 15 is 0 Å². The van der Waals surface area contributed by atoms with Gasteiger partial charge in [-0.2, -0.15) is 0 Å². The summed E-state index contributed by atoms with van der Waals surface area (Å²) in [5.41, 5.74) is 4.47. The van der Waals surface area contributed by atoms with Crippen LogP contribution in [0.5, 0.6) is 0 Å². The summed E-state index contributed by atoms with van der Waals surface area (Å²) in [6.45, 7) is 5.89. The molecule has 0 atom stereocenters.